The molecule has 2 rings (SSSR count). The first-order valence-corrected chi connectivity index (χ1v) is 5.79. The summed E-state index contributed by atoms with van der Waals surface area (Å²) >= 11 is 0. The van der Waals surface area contributed by atoms with Gasteiger partial charge < -0.3 is 11.1 Å². The Balaban J connectivity index is 1.92. The largest absolute Gasteiger partial charge is 0.338 e. The summed E-state index contributed by atoms with van der Waals surface area (Å²) < 4.78 is 0. The first kappa shape index (κ1) is 12.0. The van der Waals surface area contributed by atoms with Gasteiger partial charge in [-0.05, 0) is 18.9 Å². The van der Waals surface area contributed by atoms with E-state index in [2.05, 4.69) is 23.1 Å². The highest BCUT2D eigenvalue weighted by Crippen LogP contribution is 2.10. The van der Waals surface area contributed by atoms with Gasteiger partial charge in [0.25, 0.3) is 0 Å². The van der Waals surface area contributed by atoms with Gasteiger partial charge in [0.1, 0.15) is 6.04 Å². The van der Waals surface area contributed by atoms with Crippen LogP contribution in [0.15, 0.2) is 30.3 Å². The van der Waals surface area contributed by atoms with Crippen molar-refractivity contribution in [3.63, 3.8) is 0 Å². The predicted octanol–water partition coefficient (Wildman–Crippen LogP) is 0.0151. The van der Waals surface area contributed by atoms with E-state index in [0.717, 1.165) is 12.0 Å². The monoisotopic (exact) mass is 234 g/mol. The summed E-state index contributed by atoms with van der Waals surface area (Å²) in [6.45, 7) is 2.05. The Morgan fingerprint density at radius 1 is 1.41 bits per heavy atom. The van der Waals surface area contributed by atoms with E-state index >= 15 is 0 Å². The van der Waals surface area contributed by atoms with Crippen LogP contribution in [-0.4, -0.2) is 18.1 Å². The van der Waals surface area contributed by atoms with Crippen LogP contribution in [0.4, 0.5) is 0 Å². The van der Waals surface area contributed by atoms with Gasteiger partial charge in [0.2, 0.25) is 5.91 Å². The Kier molecular flexibility index (Phi) is 3.73. The molecule has 92 valence electrons. The van der Waals surface area contributed by atoms with Crippen molar-refractivity contribution in [1.29, 1.82) is 0 Å². The highest BCUT2D eigenvalue weighted by molar-refractivity contribution is 5.83. The third-order valence-corrected chi connectivity index (χ3v) is 2.85. The first-order chi connectivity index (χ1) is 8.16. The van der Waals surface area contributed by atoms with Gasteiger partial charge >= 0.3 is 0 Å². The molecule has 17 heavy (non-hydrogen) atoms. The first-order valence-electron chi connectivity index (χ1n) is 5.79. The maximum atomic E-state index is 11.9. The summed E-state index contributed by atoms with van der Waals surface area (Å²) in [6.07, 6.45) is 0.806. The molecule has 0 bridgehead atoms. The molecule has 1 aliphatic heterocycles. The van der Waals surface area contributed by atoms with E-state index in [1.165, 1.54) is 0 Å². The molecular formula is C12H18N4O. The lowest BCUT2D eigenvalue weighted by Crippen LogP contribution is -2.47. The number of carbonyl (C=O) groups excluding carboxylic acids is 1. The van der Waals surface area contributed by atoms with Crippen molar-refractivity contribution in [2.24, 2.45) is 5.73 Å². The van der Waals surface area contributed by atoms with Gasteiger partial charge in [0.15, 0.2) is 0 Å². The van der Waals surface area contributed by atoms with E-state index in [4.69, 9.17) is 5.73 Å². The summed E-state index contributed by atoms with van der Waals surface area (Å²) in [5.41, 5.74) is 12.8. The number of carbonyl (C=O) groups is 1. The van der Waals surface area contributed by atoms with Gasteiger partial charge in [-0.1, -0.05) is 30.3 Å². The molecule has 0 radical (unpaired) electrons. The minimum Gasteiger partial charge on any atom is -0.338 e. The second-order valence-electron chi connectivity index (χ2n) is 4.37. The van der Waals surface area contributed by atoms with Crippen LogP contribution in [0.3, 0.4) is 0 Å². The van der Waals surface area contributed by atoms with Crippen molar-refractivity contribution in [1.82, 2.24) is 16.2 Å². The normalized spacial score (nSPS) is 25.5. The second-order valence-corrected chi connectivity index (χ2v) is 4.37. The van der Waals surface area contributed by atoms with Crippen LogP contribution in [0.25, 0.3) is 0 Å². The molecule has 0 aromatic heterocycles. The minimum absolute atomic E-state index is 0.0488. The van der Waals surface area contributed by atoms with E-state index in [1.54, 1.807) is 0 Å². The molecule has 0 spiro atoms. The van der Waals surface area contributed by atoms with Gasteiger partial charge in [-0.3, -0.25) is 10.2 Å². The highest BCUT2D eigenvalue weighted by atomic mass is 16.2. The number of hydrogen-bond acceptors (Lipinski definition) is 4. The zero-order valence-electron chi connectivity index (χ0n) is 9.81. The molecule has 0 aliphatic carbocycles. The maximum absolute atomic E-state index is 11.9. The standard InChI is InChI=1S/C12H18N4O/c1-8-7-10(16-15-8)14-12(17)11(13)9-5-3-2-4-6-9/h2-6,8,10-11,15-16H,7,13H2,1H3,(H,14,17)/t8?,10?,11-/m0/s1. The van der Waals surface area contributed by atoms with Crippen LogP contribution < -0.4 is 21.9 Å². The number of nitrogens with two attached hydrogens (primary N) is 1. The number of hydrogen-bond donors (Lipinski definition) is 4. The minimum atomic E-state index is -0.617. The van der Waals surface area contributed by atoms with Crippen molar-refractivity contribution >= 4 is 5.91 Å². The Morgan fingerprint density at radius 2 is 2.12 bits per heavy atom. The summed E-state index contributed by atoms with van der Waals surface area (Å²) in [5, 5.41) is 2.87. The summed E-state index contributed by atoms with van der Waals surface area (Å²) in [4.78, 5) is 11.9. The second kappa shape index (κ2) is 5.27. The Morgan fingerprint density at radius 3 is 2.71 bits per heavy atom. The number of nitrogens with one attached hydrogen (secondary N) is 3. The lowest BCUT2D eigenvalue weighted by molar-refractivity contribution is -0.123. The Bertz CT molecular complexity index is 381. The summed E-state index contributed by atoms with van der Waals surface area (Å²) in [5.74, 6) is -0.162. The van der Waals surface area contributed by atoms with Crippen molar-refractivity contribution in [2.45, 2.75) is 31.6 Å². The fourth-order valence-corrected chi connectivity index (χ4v) is 1.88. The molecule has 1 aromatic rings. The topological polar surface area (TPSA) is 79.2 Å². The van der Waals surface area contributed by atoms with E-state index < -0.39 is 6.04 Å². The van der Waals surface area contributed by atoms with E-state index in [9.17, 15) is 4.79 Å². The van der Waals surface area contributed by atoms with Crippen LogP contribution in [-0.2, 0) is 4.79 Å². The van der Waals surface area contributed by atoms with Crippen LogP contribution in [0.1, 0.15) is 24.9 Å². The smallest absolute Gasteiger partial charge is 0.242 e. The summed E-state index contributed by atoms with van der Waals surface area (Å²) in [7, 11) is 0. The van der Waals surface area contributed by atoms with Gasteiger partial charge in [0.05, 0.1) is 6.17 Å². The molecule has 1 fully saturated rings. The molecule has 1 aromatic carbocycles. The number of benzene rings is 1. The van der Waals surface area contributed by atoms with Crippen LogP contribution in [0.2, 0.25) is 0 Å². The van der Waals surface area contributed by atoms with Crippen molar-refractivity contribution in [3.05, 3.63) is 35.9 Å². The maximum Gasteiger partial charge on any atom is 0.242 e. The number of hydrazine groups is 1. The SMILES string of the molecule is CC1CC(NC(=O)[C@@H](N)c2ccccc2)NN1. The van der Waals surface area contributed by atoms with Crippen LogP contribution in [0.5, 0.6) is 0 Å². The molecule has 5 heteroatoms. The van der Waals surface area contributed by atoms with Gasteiger partial charge in [0, 0.05) is 6.04 Å². The molecule has 5 N–H and O–H groups in total. The lowest BCUT2D eigenvalue weighted by Gasteiger charge is -2.16. The molecule has 2 unspecified atom stereocenters. The average Bonchev–Trinajstić information content (AvgIpc) is 2.75. The van der Waals surface area contributed by atoms with Crippen molar-refractivity contribution < 1.29 is 4.79 Å². The predicted molar refractivity (Wildman–Crippen MR) is 65.7 cm³/mol. The molecule has 1 heterocycles. The van der Waals surface area contributed by atoms with Crippen LogP contribution in [0, 0.1) is 0 Å². The molecule has 3 atom stereocenters. The van der Waals surface area contributed by atoms with Crippen molar-refractivity contribution in [3.8, 4) is 0 Å². The van der Waals surface area contributed by atoms with E-state index in [-0.39, 0.29) is 12.1 Å². The average molecular weight is 234 g/mol. The highest BCUT2D eigenvalue weighted by Gasteiger charge is 2.24. The fraction of sp³-hybridized carbons (Fsp3) is 0.417. The van der Waals surface area contributed by atoms with Gasteiger partial charge in [-0.15, -0.1) is 0 Å². The molecule has 5 nitrogen and oxygen atoms in total. The third kappa shape index (κ3) is 3.03. The van der Waals surface area contributed by atoms with Gasteiger partial charge in [-0.2, -0.15) is 0 Å². The number of rotatable bonds is 3. The quantitative estimate of drug-likeness (QED) is 0.594. The summed E-state index contributed by atoms with van der Waals surface area (Å²) in [6, 6.07) is 9.10. The molecular weight excluding hydrogens is 216 g/mol. The van der Waals surface area contributed by atoms with Crippen LogP contribution >= 0.6 is 0 Å². The lowest BCUT2D eigenvalue weighted by atomic mass is 10.1. The zero-order chi connectivity index (χ0) is 12.3. The fourth-order valence-electron chi connectivity index (χ4n) is 1.88. The molecule has 1 aliphatic rings. The van der Waals surface area contributed by atoms with Gasteiger partial charge in [-0.25, -0.2) is 5.43 Å². The van der Waals surface area contributed by atoms with E-state index in [1.807, 2.05) is 30.3 Å². The molecule has 0 saturated carbocycles. The van der Waals surface area contributed by atoms with E-state index in [0.29, 0.717) is 6.04 Å². The molecule has 1 amide bonds. The zero-order valence-corrected chi connectivity index (χ0v) is 9.81. The molecule has 1 saturated heterocycles. The third-order valence-electron chi connectivity index (χ3n) is 2.85. The number of amides is 1. The van der Waals surface area contributed by atoms with Crippen molar-refractivity contribution in [2.75, 3.05) is 0 Å². The Labute approximate surface area is 101 Å². The Hall–Kier alpha value is -1.43.